The molecule has 0 spiro atoms. The van der Waals surface area contributed by atoms with Gasteiger partial charge in [-0.2, -0.15) is 0 Å². The van der Waals surface area contributed by atoms with Crippen molar-refractivity contribution in [1.29, 1.82) is 0 Å². The molecule has 0 amide bonds. The van der Waals surface area contributed by atoms with Crippen LogP contribution in [0.1, 0.15) is 17.5 Å². The van der Waals surface area contributed by atoms with Crippen LogP contribution in [-0.2, 0) is 6.61 Å². The minimum atomic E-state index is 0.480. The van der Waals surface area contributed by atoms with Crippen LogP contribution >= 0.6 is 0 Å². The maximum atomic E-state index is 5.90. The van der Waals surface area contributed by atoms with Gasteiger partial charge in [0.25, 0.3) is 0 Å². The average Bonchev–Trinajstić information content (AvgIpc) is 2.61. The van der Waals surface area contributed by atoms with Gasteiger partial charge in [0.05, 0.1) is 7.11 Å². The molecule has 0 bridgehead atoms. The van der Waals surface area contributed by atoms with E-state index < -0.39 is 0 Å². The van der Waals surface area contributed by atoms with Crippen molar-refractivity contribution in [3.05, 3.63) is 59.7 Å². The van der Waals surface area contributed by atoms with Crippen LogP contribution < -0.4 is 14.8 Å². The average molecular weight is 296 g/mol. The van der Waals surface area contributed by atoms with Crippen LogP contribution in [0.5, 0.6) is 11.5 Å². The van der Waals surface area contributed by atoms with Gasteiger partial charge in [-0.3, -0.25) is 4.99 Å². The molecule has 1 aliphatic heterocycles. The van der Waals surface area contributed by atoms with E-state index in [9.17, 15) is 0 Å². The first-order valence-electron chi connectivity index (χ1n) is 7.50. The Balaban J connectivity index is 1.72. The summed E-state index contributed by atoms with van der Waals surface area (Å²) in [6.07, 6.45) is 1.09. The normalized spacial score (nSPS) is 14.0. The molecule has 0 aromatic heterocycles. The van der Waals surface area contributed by atoms with Crippen LogP contribution in [0.4, 0.5) is 0 Å². The van der Waals surface area contributed by atoms with Crippen molar-refractivity contribution in [3.63, 3.8) is 0 Å². The Morgan fingerprint density at radius 3 is 2.86 bits per heavy atom. The second-order valence-corrected chi connectivity index (χ2v) is 5.14. The number of ether oxygens (including phenoxy) is 2. The summed E-state index contributed by atoms with van der Waals surface area (Å²) >= 11 is 0. The number of methoxy groups -OCH3 is 1. The van der Waals surface area contributed by atoms with E-state index in [-0.39, 0.29) is 0 Å². The summed E-state index contributed by atoms with van der Waals surface area (Å²) < 4.78 is 11.2. The smallest absolute Gasteiger partial charge is 0.128 e. The summed E-state index contributed by atoms with van der Waals surface area (Å²) in [6.45, 7) is 2.34. The van der Waals surface area contributed by atoms with Crippen LogP contribution in [0.25, 0.3) is 0 Å². The third kappa shape index (κ3) is 3.39. The summed E-state index contributed by atoms with van der Waals surface area (Å²) in [4.78, 5) is 4.52. The number of hydrogen-bond acceptors (Lipinski definition) is 4. The van der Waals surface area contributed by atoms with Crippen molar-refractivity contribution in [2.75, 3.05) is 20.2 Å². The fourth-order valence-corrected chi connectivity index (χ4v) is 2.44. The number of para-hydroxylation sites is 1. The van der Waals surface area contributed by atoms with Crippen molar-refractivity contribution >= 4 is 5.84 Å². The molecule has 0 radical (unpaired) electrons. The van der Waals surface area contributed by atoms with Crippen molar-refractivity contribution in [3.8, 4) is 11.5 Å². The first-order valence-corrected chi connectivity index (χ1v) is 7.50. The first kappa shape index (κ1) is 14.4. The monoisotopic (exact) mass is 296 g/mol. The zero-order valence-corrected chi connectivity index (χ0v) is 12.7. The molecule has 0 unspecified atom stereocenters. The molecule has 0 fully saturated rings. The zero-order chi connectivity index (χ0) is 15.2. The molecule has 3 rings (SSSR count). The van der Waals surface area contributed by atoms with Crippen LogP contribution in [0, 0.1) is 0 Å². The van der Waals surface area contributed by atoms with Crippen molar-refractivity contribution < 1.29 is 9.47 Å². The van der Waals surface area contributed by atoms with Crippen LogP contribution in [0.3, 0.4) is 0 Å². The lowest BCUT2D eigenvalue weighted by molar-refractivity contribution is 0.296. The Kier molecular flexibility index (Phi) is 4.59. The Labute approximate surface area is 130 Å². The quantitative estimate of drug-likeness (QED) is 0.922. The summed E-state index contributed by atoms with van der Waals surface area (Å²) in [5.41, 5.74) is 2.10. The summed E-state index contributed by atoms with van der Waals surface area (Å²) in [6, 6.07) is 15.9. The Morgan fingerprint density at radius 2 is 2.05 bits per heavy atom. The molecule has 4 heteroatoms. The molecular weight excluding hydrogens is 276 g/mol. The second kappa shape index (κ2) is 6.98. The van der Waals surface area contributed by atoms with Gasteiger partial charge in [0.15, 0.2) is 0 Å². The highest BCUT2D eigenvalue weighted by molar-refractivity contribution is 5.99. The standard InChI is InChI=1S/C18H20N2O2/c1-21-17-9-3-2-6-15(17)13-22-16-8-4-7-14(12-16)18-19-10-5-11-20-18/h2-4,6-9,12H,5,10-11,13H2,1H3,(H,19,20). The Morgan fingerprint density at radius 1 is 1.14 bits per heavy atom. The highest BCUT2D eigenvalue weighted by Crippen LogP contribution is 2.21. The van der Waals surface area contributed by atoms with E-state index in [0.717, 1.165) is 48.0 Å². The predicted molar refractivity (Wildman–Crippen MR) is 87.8 cm³/mol. The number of nitrogens with one attached hydrogen (secondary N) is 1. The van der Waals surface area contributed by atoms with Gasteiger partial charge in [0, 0.05) is 24.2 Å². The molecule has 22 heavy (non-hydrogen) atoms. The van der Waals surface area contributed by atoms with Crippen LogP contribution in [0.2, 0.25) is 0 Å². The second-order valence-electron chi connectivity index (χ2n) is 5.14. The van der Waals surface area contributed by atoms with Gasteiger partial charge in [0.1, 0.15) is 23.9 Å². The van der Waals surface area contributed by atoms with Gasteiger partial charge in [-0.1, -0.05) is 30.3 Å². The number of aliphatic imine (C=N–C) groups is 1. The third-order valence-corrected chi connectivity index (χ3v) is 3.59. The molecule has 0 aliphatic carbocycles. The fourth-order valence-electron chi connectivity index (χ4n) is 2.44. The van der Waals surface area contributed by atoms with Gasteiger partial charge >= 0.3 is 0 Å². The van der Waals surface area contributed by atoms with Crippen molar-refractivity contribution in [2.24, 2.45) is 4.99 Å². The van der Waals surface area contributed by atoms with Crippen molar-refractivity contribution in [2.45, 2.75) is 13.0 Å². The van der Waals surface area contributed by atoms with E-state index in [1.165, 1.54) is 0 Å². The lowest BCUT2D eigenvalue weighted by Gasteiger charge is -2.15. The SMILES string of the molecule is COc1ccccc1COc1cccc(C2=NCCCN2)c1. The summed E-state index contributed by atoms with van der Waals surface area (Å²) in [7, 11) is 1.67. The van der Waals surface area contributed by atoms with E-state index in [2.05, 4.69) is 10.3 Å². The number of amidine groups is 1. The summed E-state index contributed by atoms with van der Waals surface area (Å²) in [5.74, 6) is 2.63. The van der Waals surface area contributed by atoms with Gasteiger partial charge in [-0.25, -0.2) is 0 Å². The molecule has 1 N–H and O–H groups in total. The minimum Gasteiger partial charge on any atom is -0.496 e. The maximum Gasteiger partial charge on any atom is 0.128 e. The molecule has 2 aromatic carbocycles. The molecule has 2 aromatic rings. The third-order valence-electron chi connectivity index (χ3n) is 3.59. The molecule has 0 atom stereocenters. The maximum absolute atomic E-state index is 5.90. The summed E-state index contributed by atoms with van der Waals surface area (Å²) in [5, 5.41) is 3.33. The molecular formula is C18H20N2O2. The molecule has 0 saturated carbocycles. The van der Waals surface area contributed by atoms with Gasteiger partial charge in [-0.15, -0.1) is 0 Å². The fraction of sp³-hybridized carbons (Fsp3) is 0.278. The highest BCUT2D eigenvalue weighted by atomic mass is 16.5. The molecule has 114 valence electrons. The lowest BCUT2D eigenvalue weighted by Crippen LogP contribution is -2.30. The van der Waals surface area contributed by atoms with E-state index >= 15 is 0 Å². The molecule has 1 aliphatic rings. The van der Waals surface area contributed by atoms with Gasteiger partial charge in [-0.05, 0) is 24.6 Å². The number of rotatable bonds is 5. The zero-order valence-electron chi connectivity index (χ0n) is 12.7. The molecule has 4 nitrogen and oxygen atoms in total. The van der Waals surface area contributed by atoms with Crippen LogP contribution in [0.15, 0.2) is 53.5 Å². The number of hydrogen-bond donors (Lipinski definition) is 1. The van der Waals surface area contributed by atoms with E-state index in [1.54, 1.807) is 7.11 Å². The van der Waals surface area contributed by atoms with Crippen LogP contribution in [-0.4, -0.2) is 26.0 Å². The Hall–Kier alpha value is -2.49. The number of nitrogens with zero attached hydrogens (tertiary/aromatic N) is 1. The van der Waals surface area contributed by atoms with E-state index in [0.29, 0.717) is 6.61 Å². The van der Waals surface area contributed by atoms with E-state index in [4.69, 9.17) is 9.47 Å². The predicted octanol–water partition coefficient (Wildman–Crippen LogP) is 3.01. The first-order chi connectivity index (χ1) is 10.9. The highest BCUT2D eigenvalue weighted by Gasteiger charge is 2.08. The largest absolute Gasteiger partial charge is 0.496 e. The lowest BCUT2D eigenvalue weighted by atomic mass is 10.1. The van der Waals surface area contributed by atoms with Gasteiger partial charge in [0.2, 0.25) is 0 Å². The minimum absolute atomic E-state index is 0.480. The number of benzene rings is 2. The van der Waals surface area contributed by atoms with Gasteiger partial charge < -0.3 is 14.8 Å². The van der Waals surface area contributed by atoms with Crippen molar-refractivity contribution in [1.82, 2.24) is 5.32 Å². The van der Waals surface area contributed by atoms with E-state index in [1.807, 2.05) is 48.5 Å². The molecule has 0 saturated heterocycles. The Bertz CT molecular complexity index is 668. The topological polar surface area (TPSA) is 42.9 Å². The molecule has 1 heterocycles.